The number of hydrogen-bond donors (Lipinski definition) is 2. The standard InChI is InChI=1S/C16H22N2O3/c1-11-7-6-10-14(17-11)15(19)18-13-9-5-3-2-4-8-12(13)16(20)21/h6-7,10,12-13H,2-5,8-9H2,1H3,(H,18,19)(H,20,21). The number of aryl methyl sites for hydroxylation is 1. The molecule has 1 amide bonds. The number of nitrogens with zero attached hydrogens (tertiary/aromatic N) is 1. The fourth-order valence-corrected chi connectivity index (χ4v) is 2.86. The van der Waals surface area contributed by atoms with E-state index in [1.54, 1.807) is 12.1 Å². The van der Waals surface area contributed by atoms with E-state index in [1.807, 2.05) is 13.0 Å². The normalized spacial score (nSPS) is 22.9. The number of carbonyl (C=O) groups is 2. The van der Waals surface area contributed by atoms with Gasteiger partial charge in [0, 0.05) is 11.7 Å². The second-order valence-electron chi connectivity index (χ2n) is 5.68. The van der Waals surface area contributed by atoms with Gasteiger partial charge >= 0.3 is 5.97 Å². The van der Waals surface area contributed by atoms with Crippen molar-refractivity contribution >= 4 is 11.9 Å². The molecule has 114 valence electrons. The molecule has 1 aliphatic carbocycles. The number of rotatable bonds is 3. The van der Waals surface area contributed by atoms with Crippen LogP contribution in [0.15, 0.2) is 18.2 Å². The zero-order valence-electron chi connectivity index (χ0n) is 12.3. The van der Waals surface area contributed by atoms with Crippen LogP contribution in [0.4, 0.5) is 0 Å². The second-order valence-corrected chi connectivity index (χ2v) is 5.68. The minimum atomic E-state index is -0.820. The molecule has 2 N–H and O–H groups in total. The van der Waals surface area contributed by atoms with Crippen LogP contribution in [0.2, 0.25) is 0 Å². The summed E-state index contributed by atoms with van der Waals surface area (Å²) in [6, 6.07) is 4.95. The van der Waals surface area contributed by atoms with E-state index in [9.17, 15) is 14.7 Å². The Morgan fingerprint density at radius 3 is 2.57 bits per heavy atom. The van der Waals surface area contributed by atoms with Gasteiger partial charge in [0.2, 0.25) is 0 Å². The minimum Gasteiger partial charge on any atom is -0.481 e. The third kappa shape index (κ3) is 4.28. The van der Waals surface area contributed by atoms with E-state index in [0.717, 1.165) is 31.4 Å². The molecule has 0 saturated heterocycles. The van der Waals surface area contributed by atoms with Crippen LogP contribution in [-0.4, -0.2) is 28.0 Å². The van der Waals surface area contributed by atoms with Gasteiger partial charge in [-0.25, -0.2) is 4.98 Å². The van der Waals surface area contributed by atoms with E-state index >= 15 is 0 Å². The molecular weight excluding hydrogens is 268 g/mol. The molecule has 5 nitrogen and oxygen atoms in total. The highest BCUT2D eigenvalue weighted by Gasteiger charge is 2.30. The first kappa shape index (κ1) is 15.5. The van der Waals surface area contributed by atoms with E-state index < -0.39 is 11.9 Å². The first-order valence-corrected chi connectivity index (χ1v) is 7.55. The predicted molar refractivity (Wildman–Crippen MR) is 79.1 cm³/mol. The van der Waals surface area contributed by atoms with Crippen molar-refractivity contribution in [1.82, 2.24) is 10.3 Å². The van der Waals surface area contributed by atoms with Gasteiger partial charge in [-0.15, -0.1) is 0 Å². The van der Waals surface area contributed by atoms with Crippen LogP contribution in [0.1, 0.15) is 54.7 Å². The molecule has 0 aromatic carbocycles. The predicted octanol–water partition coefficient (Wildman–Crippen LogP) is 2.54. The summed E-state index contributed by atoms with van der Waals surface area (Å²) in [7, 11) is 0. The summed E-state index contributed by atoms with van der Waals surface area (Å²) in [5, 5.41) is 12.3. The number of hydrogen-bond acceptors (Lipinski definition) is 3. The molecule has 1 aromatic heterocycles. The smallest absolute Gasteiger partial charge is 0.308 e. The van der Waals surface area contributed by atoms with Crippen molar-refractivity contribution in [1.29, 1.82) is 0 Å². The highest BCUT2D eigenvalue weighted by molar-refractivity contribution is 5.92. The van der Waals surface area contributed by atoms with Gasteiger partial charge in [-0.3, -0.25) is 9.59 Å². The molecule has 0 aliphatic heterocycles. The van der Waals surface area contributed by atoms with Gasteiger partial charge in [-0.05, 0) is 31.9 Å². The summed E-state index contributed by atoms with van der Waals surface area (Å²) in [5.41, 5.74) is 1.12. The van der Waals surface area contributed by atoms with Crippen molar-refractivity contribution in [2.45, 2.75) is 51.5 Å². The van der Waals surface area contributed by atoms with Crippen LogP contribution in [0.5, 0.6) is 0 Å². The maximum absolute atomic E-state index is 12.3. The Labute approximate surface area is 124 Å². The summed E-state index contributed by atoms with van der Waals surface area (Å²) in [5.74, 6) is -1.60. The molecule has 5 heteroatoms. The lowest BCUT2D eigenvalue weighted by atomic mass is 9.86. The van der Waals surface area contributed by atoms with Gasteiger partial charge in [-0.2, -0.15) is 0 Å². The number of amides is 1. The fourth-order valence-electron chi connectivity index (χ4n) is 2.86. The number of pyridine rings is 1. The van der Waals surface area contributed by atoms with Crippen LogP contribution in [0.3, 0.4) is 0 Å². The van der Waals surface area contributed by atoms with E-state index in [-0.39, 0.29) is 11.9 Å². The Balaban J connectivity index is 2.09. The minimum absolute atomic E-state index is 0.282. The highest BCUT2D eigenvalue weighted by Crippen LogP contribution is 2.23. The lowest BCUT2D eigenvalue weighted by Crippen LogP contribution is -2.44. The molecule has 0 bridgehead atoms. The van der Waals surface area contributed by atoms with E-state index in [4.69, 9.17) is 0 Å². The first-order valence-electron chi connectivity index (χ1n) is 7.55. The van der Waals surface area contributed by atoms with Crippen molar-refractivity contribution in [2.24, 2.45) is 5.92 Å². The Bertz CT molecular complexity index is 516. The van der Waals surface area contributed by atoms with Crippen molar-refractivity contribution in [3.05, 3.63) is 29.6 Å². The van der Waals surface area contributed by atoms with Gasteiger partial charge < -0.3 is 10.4 Å². The molecule has 0 spiro atoms. The van der Waals surface area contributed by atoms with Crippen molar-refractivity contribution in [3.8, 4) is 0 Å². The van der Waals surface area contributed by atoms with Crippen LogP contribution in [0.25, 0.3) is 0 Å². The Morgan fingerprint density at radius 1 is 1.19 bits per heavy atom. The molecule has 1 fully saturated rings. The molecule has 1 heterocycles. The number of carbonyl (C=O) groups excluding carboxylic acids is 1. The molecule has 21 heavy (non-hydrogen) atoms. The maximum atomic E-state index is 12.3. The topological polar surface area (TPSA) is 79.3 Å². The molecule has 1 aromatic rings. The zero-order chi connectivity index (χ0) is 15.2. The number of aliphatic carboxylic acids is 1. The molecule has 0 radical (unpaired) electrons. The summed E-state index contributed by atoms with van der Waals surface area (Å²) in [4.78, 5) is 27.9. The van der Waals surface area contributed by atoms with Crippen molar-refractivity contribution in [2.75, 3.05) is 0 Å². The Hall–Kier alpha value is -1.91. The number of carboxylic acids is 1. The number of aromatic nitrogens is 1. The monoisotopic (exact) mass is 290 g/mol. The van der Waals surface area contributed by atoms with Gasteiger partial charge in [0.15, 0.2) is 0 Å². The number of carboxylic acid groups (broad SMARTS) is 1. The van der Waals surface area contributed by atoms with Gasteiger partial charge in [0.25, 0.3) is 5.91 Å². The average Bonchev–Trinajstić information content (AvgIpc) is 2.41. The summed E-state index contributed by atoms with van der Waals surface area (Å²) in [6.07, 6.45) is 5.38. The molecule has 2 rings (SSSR count). The summed E-state index contributed by atoms with van der Waals surface area (Å²) < 4.78 is 0. The summed E-state index contributed by atoms with van der Waals surface area (Å²) >= 11 is 0. The number of nitrogens with one attached hydrogen (secondary N) is 1. The van der Waals surface area contributed by atoms with Crippen LogP contribution in [-0.2, 0) is 4.79 Å². The first-order chi connectivity index (χ1) is 10.1. The van der Waals surface area contributed by atoms with Crippen LogP contribution in [0, 0.1) is 12.8 Å². The third-order valence-corrected chi connectivity index (χ3v) is 4.02. The molecule has 1 aliphatic rings. The lowest BCUT2D eigenvalue weighted by Gasteiger charge is -2.27. The van der Waals surface area contributed by atoms with Crippen molar-refractivity contribution in [3.63, 3.8) is 0 Å². The van der Waals surface area contributed by atoms with Crippen LogP contribution < -0.4 is 5.32 Å². The average molecular weight is 290 g/mol. The molecule has 2 unspecified atom stereocenters. The summed E-state index contributed by atoms with van der Waals surface area (Å²) in [6.45, 7) is 1.83. The zero-order valence-corrected chi connectivity index (χ0v) is 12.3. The Kier molecular flexibility index (Phi) is 5.31. The largest absolute Gasteiger partial charge is 0.481 e. The second kappa shape index (κ2) is 7.20. The van der Waals surface area contributed by atoms with Crippen molar-refractivity contribution < 1.29 is 14.7 Å². The van der Waals surface area contributed by atoms with Gasteiger partial charge in [0.05, 0.1) is 5.92 Å². The maximum Gasteiger partial charge on any atom is 0.308 e. The van der Waals surface area contributed by atoms with Crippen LogP contribution >= 0.6 is 0 Å². The Morgan fingerprint density at radius 2 is 1.90 bits per heavy atom. The molecule has 1 saturated carbocycles. The lowest BCUT2D eigenvalue weighted by molar-refractivity contribution is -0.143. The highest BCUT2D eigenvalue weighted by atomic mass is 16.4. The van der Waals surface area contributed by atoms with E-state index in [2.05, 4.69) is 10.3 Å². The van der Waals surface area contributed by atoms with Gasteiger partial charge in [0.1, 0.15) is 5.69 Å². The third-order valence-electron chi connectivity index (χ3n) is 4.02. The molecule has 2 atom stereocenters. The van der Waals surface area contributed by atoms with E-state index in [1.165, 1.54) is 0 Å². The van der Waals surface area contributed by atoms with Gasteiger partial charge in [-0.1, -0.05) is 31.7 Å². The van der Waals surface area contributed by atoms with E-state index in [0.29, 0.717) is 18.5 Å². The quantitative estimate of drug-likeness (QED) is 0.896. The SMILES string of the molecule is Cc1cccc(C(=O)NC2CCCCCCC2C(=O)O)n1. The fraction of sp³-hybridized carbons (Fsp3) is 0.562. The molecular formula is C16H22N2O3.